The van der Waals surface area contributed by atoms with Crippen molar-refractivity contribution in [1.29, 1.82) is 0 Å². The molecule has 0 amide bonds. The Bertz CT molecular complexity index is 323. The zero-order chi connectivity index (χ0) is 12.1. The van der Waals surface area contributed by atoms with Crippen LogP contribution in [0.2, 0.25) is 0 Å². The molecule has 2 aliphatic heterocycles. The monoisotopic (exact) mass is 252 g/mol. The van der Waals surface area contributed by atoms with Crippen LogP contribution in [0.25, 0.3) is 0 Å². The molecule has 16 heavy (non-hydrogen) atoms. The second-order valence-electron chi connectivity index (χ2n) is 4.64. The van der Waals surface area contributed by atoms with Gasteiger partial charge < -0.3 is 24.6 Å². The van der Waals surface area contributed by atoms with Gasteiger partial charge in [0.05, 0.1) is 30.2 Å². The van der Waals surface area contributed by atoms with Gasteiger partial charge >= 0.3 is 0 Å². The number of ether oxygens (including phenoxy) is 1. The Morgan fingerprint density at radius 2 is 2.06 bits per heavy atom. The lowest BCUT2D eigenvalue weighted by atomic mass is 9.73. The number of aliphatic hydroxyl groups excluding tert-OH is 3. The average Bonchev–Trinajstić information content (AvgIpc) is 2.73. The van der Waals surface area contributed by atoms with Gasteiger partial charge in [0.2, 0.25) is 0 Å². The van der Waals surface area contributed by atoms with Crippen molar-refractivity contribution < 1.29 is 28.8 Å². The molecule has 0 aliphatic carbocycles. The third-order valence-electron chi connectivity index (χ3n) is 4.03. The zero-order valence-corrected chi connectivity index (χ0v) is 9.68. The van der Waals surface area contributed by atoms with Crippen LogP contribution in [-0.2, 0) is 15.8 Å². The molecule has 0 radical (unpaired) electrons. The van der Waals surface area contributed by atoms with Crippen molar-refractivity contribution in [3.8, 4) is 0 Å². The molecule has 2 saturated heterocycles. The van der Waals surface area contributed by atoms with Gasteiger partial charge in [-0.1, -0.05) is 6.92 Å². The van der Waals surface area contributed by atoms with Gasteiger partial charge in [0.25, 0.3) is 0 Å². The highest BCUT2D eigenvalue weighted by atomic mass is 32.2. The summed E-state index contributed by atoms with van der Waals surface area (Å²) in [5.74, 6) is -0.371. The summed E-state index contributed by atoms with van der Waals surface area (Å²) in [5, 5.41) is 27.8. The van der Waals surface area contributed by atoms with Crippen LogP contribution in [0, 0.1) is 5.92 Å². The standard InChI is InChI=1S/C9H16O6S/c1-5-7(12)9(4-11)6(16(13)14)2-8(5,3-10)15-9/h5-7,10-12H,2-4H2,1H3,(H,13,14). The third-order valence-corrected chi connectivity index (χ3v) is 5.08. The summed E-state index contributed by atoms with van der Waals surface area (Å²) in [7, 11) is 0. The van der Waals surface area contributed by atoms with Crippen molar-refractivity contribution in [1.82, 2.24) is 0 Å². The topological polar surface area (TPSA) is 107 Å². The Morgan fingerprint density at radius 3 is 2.50 bits per heavy atom. The predicted octanol–water partition coefficient (Wildman–Crippen LogP) is -1.53. The lowest BCUT2D eigenvalue weighted by molar-refractivity contribution is -0.113. The van der Waals surface area contributed by atoms with E-state index in [-0.39, 0.29) is 18.9 Å². The van der Waals surface area contributed by atoms with Gasteiger partial charge in [-0.2, -0.15) is 0 Å². The molecular weight excluding hydrogens is 236 g/mol. The summed E-state index contributed by atoms with van der Waals surface area (Å²) < 4.78 is 25.9. The van der Waals surface area contributed by atoms with Crippen LogP contribution in [0.15, 0.2) is 0 Å². The van der Waals surface area contributed by atoms with E-state index in [9.17, 15) is 24.1 Å². The summed E-state index contributed by atoms with van der Waals surface area (Å²) in [4.78, 5) is 0. The van der Waals surface area contributed by atoms with Crippen LogP contribution >= 0.6 is 0 Å². The first-order valence-electron chi connectivity index (χ1n) is 5.13. The molecule has 4 N–H and O–H groups in total. The van der Waals surface area contributed by atoms with Crippen molar-refractivity contribution >= 4 is 11.1 Å². The van der Waals surface area contributed by atoms with Gasteiger partial charge in [-0.15, -0.1) is 0 Å². The Kier molecular flexibility index (Phi) is 2.89. The molecule has 0 aromatic heterocycles. The molecule has 7 heteroatoms. The Hall–Kier alpha value is -0.0500. The lowest BCUT2D eigenvalue weighted by Crippen LogP contribution is -2.56. The van der Waals surface area contributed by atoms with Gasteiger partial charge in [-0.25, -0.2) is 4.21 Å². The second-order valence-corrected chi connectivity index (χ2v) is 5.76. The van der Waals surface area contributed by atoms with Gasteiger partial charge in [0.1, 0.15) is 5.60 Å². The van der Waals surface area contributed by atoms with Gasteiger partial charge in [-0.3, -0.25) is 0 Å². The highest BCUT2D eigenvalue weighted by Gasteiger charge is 2.71. The normalized spacial score (nSPS) is 53.2. The second kappa shape index (κ2) is 3.72. The number of hydrogen-bond acceptors (Lipinski definition) is 5. The molecule has 0 aromatic rings. The number of fused-ring (bicyclic) bond motifs is 2. The largest absolute Gasteiger partial charge is 0.393 e. The molecule has 0 saturated carbocycles. The van der Waals surface area contributed by atoms with Crippen LogP contribution in [0.4, 0.5) is 0 Å². The molecule has 2 rings (SSSR count). The van der Waals surface area contributed by atoms with Crippen LogP contribution in [0.5, 0.6) is 0 Å². The molecule has 94 valence electrons. The van der Waals surface area contributed by atoms with Gasteiger partial charge in [0, 0.05) is 5.92 Å². The molecule has 6 nitrogen and oxygen atoms in total. The van der Waals surface area contributed by atoms with E-state index in [0.717, 1.165) is 0 Å². The molecule has 2 heterocycles. The van der Waals surface area contributed by atoms with Crippen molar-refractivity contribution in [2.45, 2.75) is 35.9 Å². The molecule has 2 fully saturated rings. The first-order valence-corrected chi connectivity index (χ1v) is 6.30. The lowest BCUT2D eigenvalue weighted by Gasteiger charge is -2.36. The molecule has 6 unspecified atom stereocenters. The van der Waals surface area contributed by atoms with Crippen molar-refractivity contribution in [2.75, 3.05) is 13.2 Å². The number of hydrogen-bond donors (Lipinski definition) is 4. The molecule has 2 aliphatic rings. The summed E-state index contributed by atoms with van der Waals surface area (Å²) >= 11 is -2.20. The fraction of sp³-hybridized carbons (Fsp3) is 1.00. The average molecular weight is 252 g/mol. The van der Waals surface area contributed by atoms with Crippen LogP contribution < -0.4 is 0 Å². The SMILES string of the molecule is CC1C(O)C2(CO)OC1(CO)CC2S(=O)O. The van der Waals surface area contributed by atoms with Crippen molar-refractivity contribution in [3.63, 3.8) is 0 Å². The van der Waals surface area contributed by atoms with E-state index in [0.29, 0.717) is 0 Å². The zero-order valence-electron chi connectivity index (χ0n) is 8.87. The van der Waals surface area contributed by atoms with Crippen molar-refractivity contribution in [2.24, 2.45) is 5.92 Å². The first-order chi connectivity index (χ1) is 7.43. The minimum absolute atomic E-state index is 0.172. The van der Waals surface area contributed by atoms with E-state index in [1.54, 1.807) is 6.92 Å². The number of rotatable bonds is 3. The van der Waals surface area contributed by atoms with E-state index in [1.165, 1.54) is 0 Å². The minimum atomic E-state index is -2.20. The molecule has 0 spiro atoms. The summed E-state index contributed by atoms with van der Waals surface area (Å²) in [6.45, 7) is 0.840. The Morgan fingerprint density at radius 1 is 1.44 bits per heavy atom. The van der Waals surface area contributed by atoms with E-state index in [1.807, 2.05) is 0 Å². The van der Waals surface area contributed by atoms with Gasteiger partial charge in [-0.05, 0) is 6.42 Å². The van der Waals surface area contributed by atoms with E-state index < -0.39 is 40.2 Å². The maximum absolute atomic E-state index is 11.2. The quantitative estimate of drug-likeness (QED) is 0.454. The smallest absolute Gasteiger partial charge is 0.159 e. The van der Waals surface area contributed by atoms with E-state index >= 15 is 0 Å². The predicted molar refractivity (Wildman–Crippen MR) is 55.1 cm³/mol. The fourth-order valence-electron chi connectivity index (χ4n) is 2.92. The molecule has 6 atom stereocenters. The summed E-state index contributed by atoms with van der Waals surface area (Å²) in [6.07, 6.45) is -0.870. The molecular formula is C9H16O6S. The third kappa shape index (κ3) is 1.27. The highest BCUT2D eigenvalue weighted by molar-refractivity contribution is 7.80. The first kappa shape index (κ1) is 12.4. The summed E-state index contributed by atoms with van der Waals surface area (Å²) in [6, 6.07) is 0. The van der Waals surface area contributed by atoms with E-state index in [4.69, 9.17) is 4.74 Å². The molecule has 0 aromatic carbocycles. The van der Waals surface area contributed by atoms with Crippen molar-refractivity contribution in [3.05, 3.63) is 0 Å². The molecule has 2 bridgehead atoms. The maximum Gasteiger partial charge on any atom is 0.159 e. The van der Waals surface area contributed by atoms with Crippen LogP contribution in [0.1, 0.15) is 13.3 Å². The fourth-order valence-corrected chi connectivity index (χ4v) is 3.95. The number of aliphatic hydroxyl groups is 3. The van der Waals surface area contributed by atoms with E-state index in [2.05, 4.69) is 0 Å². The Balaban J connectivity index is 2.43. The van der Waals surface area contributed by atoms with Crippen LogP contribution in [0.3, 0.4) is 0 Å². The minimum Gasteiger partial charge on any atom is -0.393 e. The highest BCUT2D eigenvalue weighted by Crippen LogP contribution is 2.55. The van der Waals surface area contributed by atoms with Gasteiger partial charge in [0.15, 0.2) is 11.1 Å². The maximum atomic E-state index is 11.2. The summed E-state index contributed by atoms with van der Waals surface area (Å²) in [5.41, 5.74) is -2.42. The Labute approximate surface area is 95.5 Å². The van der Waals surface area contributed by atoms with Crippen LogP contribution in [-0.4, -0.2) is 59.9 Å².